The molecule has 1 aromatic carbocycles. The van der Waals surface area contributed by atoms with Gasteiger partial charge >= 0.3 is 0 Å². The quantitative estimate of drug-likeness (QED) is 0.771. The Balaban J connectivity index is 1.96. The summed E-state index contributed by atoms with van der Waals surface area (Å²) in [6.07, 6.45) is 0.0636. The lowest BCUT2D eigenvalue weighted by Gasteiger charge is -2.14. The van der Waals surface area contributed by atoms with Crippen LogP contribution in [0, 0.1) is 17.2 Å². The molecular weight excluding hydrogens is 200 g/mol. The maximum Gasteiger partial charge on any atom is 0.0868 e. The molecule has 0 saturated carbocycles. The van der Waals surface area contributed by atoms with Crippen LogP contribution in [0.5, 0.6) is 0 Å². The van der Waals surface area contributed by atoms with Crippen molar-refractivity contribution in [2.45, 2.75) is 12.6 Å². The molecule has 0 bridgehead atoms. The third-order valence-electron chi connectivity index (χ3n) is 3.06. The molecule has 0 aliphatic carbocycles. The normalized spacial score (nSPS) is 25.5. The van der Waals surface area contributed by atoms with Crippen LogP contribution in [0.3, 0.4) is 0 Å². The molecule has 1 heterocycles. The maximum absolute atomic E-state index is 8.99. The van der Waals surface area contributed by atoms with E-state index in [9.17, 15) is 0 Å². The van der Waals surface area contributed by atoms with Gasteiger partial charge in [0.25, 0.3) is 0 Å². The number of nitriles is 1. The molecule has 1 fully saturated rings. The molecule has 1 aromatic rings. The molecule has 1 aliphatic heterocycles. The highest BCUT2D eigenvalue weighted by Crippen LogP contribution is 2.20. The molecule has 0 unspecified atom stereocenters. The summed E-state index contributed by atoms with van der Waals surface area (Å²) in [5.41, 5.74) is 1.29. The highest BCUT2D eigenvalue weighted by Gasteiger charge is 2.32. The largest absolute Gasteiger partial charge is 0.379 e. The van der Waals surface area contributed by atoms with Crippen LogP contribution in [0.2, 0.25) is 0 Å². The van der Waals surface area contributed by atoms with Crippen molar-refractivity contribution in [3.63, 3.8) is 0 Å². The molecule has 0 N–H and O–H groups in total. The lowest BCUT2D eigenvalue weighted by atomic mass is 10.1. The number of likely N-dealkylation sites (tertiary alicyclic amines) is 1. The average molecular weight is 216 g/mol. The Bertz CT molecular complexity index is 371. The summed E-state index contributed by atoms with van der Waals surface area (Å²) >= 11 is 0. The van der Waals surface area contributed by atoms with E-state index in [2.05, 4.69) is 23.1 Å². The van der Waals surface area contributed by atoms with Gasteiger partial charge < -0.3 is 4.74 Å². The van der Waals surface area contributed by atoms with Crippen LogP contribution in [0.1, 0.15) is 5.56 Å². The predicted octanol–water partition coefficient (Wildman–Crippen LogP) is 1.66. The molecular formula is C13H16N2O. The van der Waals surface area contributed by atoms with Crippen LogP contribution < -0.4 is 0 Å². The molecule has 16 heavy (non-hydrogen) atoms. The molecule has 0 radical (unpaired) electrons. The molecule has 3 nitrogen and oxygen atoms in total. The van der Waals surface area contributed by atoms with Crippen molar-refractivity contribution >= 4 is 0 Å². The summed E-state index contributed by atoms with van der Waals surface area (Å²) in [4.78, 5) is 2.28. The lowest BCUT2D eigenvalue weighted by molar-refractivity contribution is 0.0918. The van der Waals surface area contributed by atoms with Gasteiger partial charge in [0.15, 0.2) is 0 Å². The molecule has 2 rings (SSSR count). The van der Waals surface area contributed by atoms with E-state index in [-0.39, 0.29) is 12.0 Å². The number of rotatable bonds is 3. The zero-order valence-electron chi connectivity index (χ0n) is 9.47. The first-order valence-electron chi connectivity index (χ1n) is 5.52. The van der Waals surface area contributed by atoms with E-state index in [0.717, 1.165) is 19.6 Å². The SMILES string of the molecule is CO[C@@H]1CN(Cc2ccccc2)C[C@@H]1C#N. The summed E-state index contributed by atoms with van der Waals surface area (Å²) in [6.45, 7) is 2.56. The number of benzene rings is 1. The van der Waals surface area contributed by atoms with Crippen LogP contribution in [-0.4, -0.2) is 31.2 Å². The smallest absolute Gasteiger partial charge is 0.0868 e. The zero-order valence-corrected chi connectivity index (χ0v) is 9.47. The van der Waals surface area contributed by atoms with Gasteiger partial charge in [-0.05, 0) is 5.56 Å². The predicted molar refractivity (Wildman–Crippen MR) is 61.6 cm³/mol. The highest BCUT2D eigenvalue weighted by molar-refractivity contribution is 5.15. The Labute approximate surface area is 96.2 Å². The second-order valence-corrected chi connectivity index (χ2v) is 4.19. The second-order valence-electron chi connectivity index (χ2n) is 4.19. The van der Waals surface area contributed by atoms with Gasteiger partial charge in [0.05, 0.1) is 18.1 Å². The summed E-state index contributed by atoms with van der Waals surface area (Å²) in [6, 6.07) is 12.6. The van der Waals surface area contributed by atoms with Crippen LogP contribution in [-0.2, 0) is 11.3 Å². The van der Waals surface area contributed by atoms with Gasteiger partial charge in [0.2, 0.25) is 0 Å². The zero-order chi connectivity index (χ0) is 11.4. The third-order valence-corrected chi connectivity index (χ3v) is 3.06. The third kappa shape index (κ3) is 2.41. The number of nitrogens with zero attached hydrogens (tertiary/aromatic N) is 2. The molecule has 0 amide bonds. The standard InChI is InChI=1S/C13H16N2O/c1-16-13-10-15(9-12(13)7-14)8-11-5-3-2-4-6-11/h2-6,12-13H,8-10H2,1H3/t12-,13+/m0/s1. The first-order chi connectivity index (χ1) is 7.83. The number of methoxy groups -OCH3 is 1. The van der Waals surface area contributed by atoms with Gasteiger partial charge in [-0.1, -0.05) is 30.3 Å². The fraction of sp³-hybridized carbons (Fsp3) is 0.462. The van der Waals surface area contributed by atoms with Crippen molar-refractivity contribution in [2.75, 3.05) is 20.2 Å². The minimum Gasteiger partial charge on any atom is -0.379 e. The summed E-state index contributed by atoms with van der Waals surface area (Å²) in [5.74, 6) is 0.00807. The van der Waals surface area contributed by atoms with E-state index in [4.69, 9.17) is 10.00 Å². The summed E-state index contributed by atoms with van der Waals surface area (Å²) < 4.78 is 5.32. The van der Waals surface area contributed by atoms with Crippen molar-refractivity contribution in [3.8, 4) is 6.07 Å². The topological polar surface area (TPSA) is 36.3 Å². The molecule has 1 aliphatic rings. The number of hydrogen-bond acceptors (Lipinski definition) is 3. The van der Waals surface area contributed by atoms with Crippen LogP contribution in [0.15, 0.2) is 30.3 Å². The summed E-state index contributed by atoms with van der Waals surface area (Å²) in [7, 11) is 1.68. The highest BCUT2D eigenvalue weighted by atomic mass is 16.5. The van der Waals surface area contributed by atoms with E-state index >= 15 is 0 Å². The van der Waals surface area contributed by atoms with Gasteiger partial charge in [-0.25, -0.2) is 0 Å². The Hall–Kier alpha value is -1.37. The van der Waals surface area contributed by atoms with Crippen LogP contribution in [0.4, 0.5) is 0 Å². The fourth-order valence-electron chi connectivity index (χ4n) is 2.19. The van der Waals surface area contributed by atoms with Crippen LogP contribution in [0.25, 0.3) is 0 Å². The van der Waals surface area contributed by atoms with Crippen molar-refractivity contribution in [3.05, 3.63) is 35.9 Å². The van der Waals surface area contributed by atoms with E-state index in [1.54, 1.807) is 7.11 Å². The second kappa shape index (κ2) is 5.11. The molecule has 3 heteroatoms. The van der Waals surface area contributed by atoms with E-state index < -0.39 is 0 Å². The number of hydrogen-bond donors (Lipinski definition) is 0. The van der Waals surface area contributed by atoms with Crippen molar-refractivity contribution < 1.29 is 4.74 Å². The minimum atomic E-state index is 0.00807. The lowest BCUT2D eigenvalue weighted by Crippen LogP contribution is -2.22. The monoisotopic (exact) mass is 216 g/mol. The first-order valence-corrected chi connectivity index (χ1v) is 5.52. The van der Waals surface area contributed by atoms with Crippen LogP contribution >= 0.6 is 0 Å². The maximum atomic E-state index is 8.99. The fourth-order valence-corrected chi connectivity index (χ4v) is 2.19. The average Bonchev–Trinajstić information content (AvgIpc) is 2.72. The molecule has 1 saturated heterocycles. The van der Waals surface area contributed by atoms with E-state index in [0.29, 0.717) is 0 Å². The van der Waals surface area contributed by atoms with Gasteiger partial charge in [0.1, 0.15) is 0 Å². The van der Waals surface area contributed by atoms with E-state index in [1.807, 2.05) is 18.2 Å². The molecule has 0 aromatic heterocycles. The van der Waals surface area contributed by atoms with Gasteiger partial charge in [-0.2, -0.15) is 5.26 Å². The first kappa shape index (κ1) is 11.1. The van der Waals surface area contributed by atoms with E-state index in [1.165, 1.54) is 5.56 Å². The van der Waals surface area contributed by atoms with Gasteiger partial charge in [-0.3, -0.25) is 4.90 Å². The Morgan fingerprint density at radius 1 is 1.38 bits per heavy atom. The van der Waals surface area contributed by atoms with Gasteiger partial charge in [-0.15, -0.1) is 0 Å². The Morgan fingerprint density at radius 3 is 2.69 bits per heavy atom. The summed E-state index contributed by atoms with van der Waals surface area (Å²) in [5, 5.41) is 8.99. The van der Waals surface area contributed by atoms with Crippen molar-refractivity contribution in [2.24, 2.45) is 5.92 Å². The van der Waals surface area contributed by atoms with Crippen molar-refractivity contribution in [1.82, 2.24) is 4.90 Å². The molecule has 0 spiro atoms. The Kier molecular flexibility index (Phi) is 3.55. The molecule has 84 valence electrons. The minimum absolute atomic E-state index is 0.00807. The Morgan fingerprint density at radius 2 is 2.12 bits per heavy atom. The molecule has 2 atom stereocenters. The van der Waals surface area contributed by atoms with Crippen molar-refractivity contribution in [1.29, 1.82) is 5.26 Å². The number of ether oxygens (including phenoxy) is 1. The van der Waals surface area contributed by atoms with Gasteiger partial charge in [0, 0.05) is 26.7 Å².